The Morgan fingerprint density at radius 1 is 1.32 bits per heavy atom. The molecule has 132 valence electrons. The summed E-state index contributed by atoms with van der Waals surface area (Å²) in [6, 6.07) is 13.7. The van der Waals surface area contributed by atoms with E-state index in [2.05, 4.69) is 15.6 Å². The van der Waals surface area contributed by atoms with Gasteiger partial charge in [0.1, 0.15) is 0 Å². The maximum Gasteiger partial charge on any atom is 0.315 e. The van der Waals surface area contributed by atoms with Crippen LogP contribution >= 0.6 is 0 Å². The second-order valence-corrected chi connectivity index (χ2v) is 7.00. The highest BCUT2D eigenvalue weighted by Crippen LogP contribution is 2.37. The molecule has 2 unspecified atom stereocenters. The van der Waals surface area contributed by atoms with Crippen molar-refractivity contribution in [2.75, 3.05) is 6.61 Å². The van der Waals surface area contributed by atoms with Gasteiger partial charge in [-0.1, -0.05) is 37.6 Å². The summed E-state index contributed by atoms with van der Waals surface area (Å²) in [6.45, 7) is 2.58. The van der Waals surface area contributed by atoms with Crippen LogP contribution in [0.5, 0.6) is 0 Å². The first kappa shape index (κ1) is 17.4. The summed E-state index contributed by atoms with van der Waals surface area (Å²) in [6.07, 6.45) is 4.67. The lowest BCUT2D eigenvalue weighted by Crippen LogP contribution is -2.48. The standard InChI is InChI=1S/C20H25N3O2/c1-20(14-24)10-5-9-18(20)23-19(25)22-13-15-6-4-7-16(12-15)17-8-2-3-11-21-17/h2-4,6-8,11-12,18,24H,5,9-10,13-14H2,1H3,(H2,22,23,25). The summed E-state index contributed by atoms with van der Waals surface area (Å²) in [5, 5.41) is 15.5. The SMILES string of the molecule is CC1(CO)CCCC1NC(=O)NCc1cccc(-c2ccccn2)c1. The van der Waals surface area contributed by atoms with E-state index in [1.165, 1.54) is 0 Å². The predicted molar refractivity (Wildman–Crippen MR) is 97.9 cm³/mol. The van der Waals surface area contributed by atoms with Crippen LogP contribution in [-0.2, 0) is 6.54 Å². The predicted octanol–water partition coefficient (Wildman–Crippen LogP) is 3.10. The van der Waals surface area contributed by atoms with E-state index in [4.69, 9.17) is 0 Å². The minimum Gasteiger partial charge on any atom is -0.396 e. The van der Waals surface area contributed by atoms with Gasteiger partial charge in [0.15, 0.2) is 0 Å². The van der Waals surface area contributed by atoms with Crippen LogP contribution < -0.4 is 10.6 Å². The van der Waals surface area contributed by atoms with Crippen molar-refractivity contribution in [3.63, 3.8) is 0 Å². The van der Waals surface area contributed by atoms with Gasteiger partial charge in [-0.25, -0.2) is 4.79 Å². The molecule has 5 nitrogen and oxygen atoms in total. The van der Waals surface area contributed by atoms with Gasteiger partial charge in [0.25, 0.3) is 0 Å². The molecule has 2 amide bonds. The molecule has 1 aliphatic carbocycles. The first-order valence-electron chi connectivity index (χ1n) is 8.76. The van der Waals surface area contributed by atoms with Crippen molar-refractivity contribution in [3.05, 3.63) is 54.2 Å². The minimum atomic E-state index is -0.212. The zero-order chi connectivity index (χ0) is 17.7. The summed E-state index contributed by atoms with van der Waals surface area (Å²) in [4.78, 5) is 16.6. The lowest BCUT2D eigenvalue weighted by atomic mass is 9.86. The number of nitrogens with one attached hydrogen (secondary N) is 2. The van der Waals surface area contributed by atoms with Gasteiger partial charge in [-0.15, -0.1) is 0 Å². The van der Waals surface area contributed by atoms with Gasteiger partial charge in [0, 0.05) is 29.8 Å². The Labute approximate surface area is 148 Å². The fourth-order valence-corrected chi connectivity index (χ4v) is 3.43. The monoisotopic (exact) mass is 339 g/mol. The van der Waals surface area contributed by atoms with Crippen molar-refractivity contribution in [3.8, 4) is 11.3 Å². The van der Waals surface area contributed by atoms with Crippen LogP contribution in [0.2, 0.25) is 0 Å². The van der Waals surface area contributed by atoms with Crippen molar-refractivity contribution >= 4 is 6.03 Å². The lowest BCUT2D eigenvalue weighted by molar-refractivity contribution is 0.121. The summed E-state index contributed by atoms with van der Waals surface area (Å²) >= 11 is 0. The number of urea groups is 1. The number of pyridine rings is 1. The maximum atomic E-state index is 12.2. The average molecular weight is 339 g/mol. The summed E-state index contributed by atoms with van der Waals surface area (Å²) in [7, 11) is 0. The molecule has 2 atom stereocenters. The fraction of sp³-hybridized carbons (Fsp3) is 0.400. The molecule has 1 aromatic carbocycles. The van der Waals surface area contributed by atoms with Gasteiger partial charge in [0.2, 0.25) is 0 Å². The first-order chi connectivity index (χ1) is 12.1. The molecule has 3 rings (SSSR count). The zero-order valence-electron chi connectivity index (χ0n) is 14.5. The first-order valence-corrected chi connectivity index (χ1v) is 8.76. The van der Waals surface area contributed by atoms with E-state index < -0.39 is 0 Å². The van der Waals surface area contributed by atoms with Crippen molar-refractivity contribution in [2.24, 2.45) is 5.41 Å². The molecule has 1 aromatic heterocycles. The van der Waals surface area contributed by atoms with Gasteiger partial charge < -0.3 is 15.7 Å². The van der Waals surface area contributed by atoms with Crippen LogP contribution in [0.1, 0.15) is 31.7 Å². The topological polar surface area (TPSA) is 74.2 Å². The largest absolute Gasteiger partial charge is 0.396 e. The molecule has 1 saturated carbocycles. The fourth-order valence-electron chi connectivity index (χ4n) is 3.43. The summed E-state index contributed by atoms with van der Waals surface area (Å²) in [5.74, 6) is 0. The van der Waals surface area contributed by atoms with Gasteiger partial charge in [-0.05, 0) is 36.6 Å². The second kappa shape index (κ2) is 7.66. The number of hydrogen-bond donors (Lipinski definition) is 3. The number of aromatic nitrogens is 1. The Kier molecular flexibility index (Phi) is 5.34. The Bertz CT molecular complexity index is 720. The molecule has 0 spiro atoms. The van der Waals surface area contributed by atoms with E-state index >= 15 is 0 Å². The van der Waals surface area contributed by atoms with Crippen LogP contribution in [0.3, 0.4) is 0 Å². The van der Waals surface area contributed by atoms with E-state index in [1.807, 2.05) is 49.4 Å². The number of hydrogen-bond acceptors (Lipinski definition) is 3. The van der Waals surface area contributed by atoms with Crippen LogP contribution in [0.15, 0.2) is 48.7 Å². The molecule has 1 heterocycles. The molecule has 1 aliphatic rings. The number of carbonyl (C=O) groups excluding carboxylic acids is 1. The number of carbonyl (C=O) groups is 1. The lowest BCUT2D eigenvalue weighted by Gasteiger charge is -2.30. The number of amides is 2. The summed E-state index contributed by atoms with van der Waals surface area (Å²) in [5.41, 5.74) is 2.76. The number of benzene rings is 1. The molecule has 25 heavy (non-hydrogen) atoms. The molecule has 1 fully saturated rings. The molecule has 3 N–H and O–H groups in total. The van der Waals surface area contributed by atoms with E-state index in [9.17, 15) is 9.90 Å². The highest BCUT2D eigenvalue weighted by molar-refractivity contribution is 5.74. The average Bonchev–Trinajstić information content (AvgIpc) is 3.02. The van der Waals surface area contributed by atoms with Crippen LogP contribution in [0.25, 0.3) is 11.3 Å². The normalized spacial score (nSPS) is 22.6. The van der Waals surface area contributed by atoms with Gasteiger partial charge in [-0.3, -0.25) is 4.98 Å². The highest BCUT2D eigenvalue weighted by Gasteiger charge is 2.39. The second-order valence-electron chi connectivity index (χ2n) is 7.00. The van der Waals surface area contributed by atoms with Gasteiger partial charge in [0.05, 0.1) is 12.3 Å². The number of rotatable bonds is 5. The van der Waals surface area contributed by atoms with Crippen LogP contribution in [-0.4, -0.2) is 28.8 Å². The van der Waals surface area contributed by atoms with Crippen molar-refractivity contribution < 1.29 is 9.90 Å². The van der Waals surface area contributed by atoms with Crippen molar-refractivity contribution in [1.82, 2.24) is 15.6 Å². The summed E-state index contributed by atoms with van der Waals surface area (Å²) < 4.78 is 0. The van der Waals surface area contributed by atoms with Crippen molar-refractivity contribution in [1.29, 1.82) is 0 Å². The minimum absolute atomic E-state index is 0.0253. The number of aliphatic hydroxyl groups excluding tert-OH is 1. The Hall–Kier alpha value is -2.40. The Morgan fingerprint density at radius 2 is 2.20 bits per heavy atom. The van der Waals surface area contributed by atoms with E-state index in [-0.39, 0.29) is 24.1 Å². The van der Waals surface area contributed by atoms with E-state index in [1.54, 1.807) is 6.20 Å². The van der Waals surface area contributed by atoms with E-state index in [0.29, 0.717) is 6.54 Å². The van der Waals surface area contributed by atoms with Crippen molar-refractivity contribution in [2.45, 2.75) is 38.8 Å². The molecular formula is C20H25N3O2. The molecule has 0 saturated heterocycles. The third-order valence-electron chi connectivity index (χ3n) is 5.09. The van der Waals surface area contributed by atoms with Crippen LogP contribution in [0.4, 0.5) is 4.79 Å². The Morgan fingerprint density at radius 3 is 2.96 bits per heavy atom. The smallest absolute Gasteiger partial charge is 0.315 e. The molecule has 2 aromatic rings. The molecule has 5 heteroatoms. The highest BCUT2D eigenvalue weighted by atomic mass is 16.3. The maximum absolute atomic E-state index is 12.2. The number of nitrogens with zero attached hydrogens (tertiary/aromatic N) is 1. The zero-order valence-corrected chi connectivity index (χ0v) is 14.5. The van der Waals surface area contributed by atoms with Crippen LogP contribution in [0, 0.1) is 5.41 Å². The molecular weight excluding hydrogens is 314 g/mol. The molecule has 0 radical (unpaired) electrons. The number of aliphatic hydroxyl groups is 1. The van der Waals surface area contributed by atoms with E-state index in [0.717, 1.165) is 36.1 Å². The quantitative estimate of drug-likeness (QED) is 0.783. The Balaban J connectivity index is 1.58. The van der Waals surface area contributed by atoms with Gasteiger partial charge >= 0.3 is 6.03 Å². The molecule has 0 aliphatic heterocycles. The van der Waals surface area contributed by atoms with Gasteiger partial charge in [-0.2, -0.15) is 0 Å². The third-order valence-corrected chi connectivity index (χ3v) is 5.09. The molecule has 0 bridgehead atoms. The third kappa shape index (κ3) is 4.17.